The Kier molecular flexibility index (Phi) is 6.99. The Bertz CT molecular complexity index is 1120. The standard InChI is InChI=1S/C19H23FN6O5S/c1-11(2)16(25-32(30,31)13-5-3-12(20)4-6-13)18(28)23-14-9-26-10-22-15(24-26)7-8-21-19(29)17(14)27/h3-6,10-11,14,16,25H,7-9H2,1-2H3,(H,21,29)(H,23,28). The molecule has 13 heteroatoms. The summed E-state index contributed by atoms with van der Waals surface area (Å²) >= 11 is 0. The molecule has 1 aromatic carbocycles. The molecule has 3 rings (SSSR count). The summed E-state index contributed by atoms with van der Waals surface area (Å²) < 4.78 is 42.1. The summed E-state index contributed by atoms with van der Waals surface area (Å²) in [7, 11) is -4.16. The molecule has 0 radical (unpaired) electrons. The van der Waals surface area contributed by atoms with Crippen LogP contribution in [0.5, 0.6) is 0 Å². The highest BCUT2D eigenvalue weighted by Gasteiger charge is 2.34. The van der Waals surface area contributed by atoms with E-state index in [0.29, 0.717) is 12.2 Å². The van der Waals surface area contributed by atoms with Gasteiger partial charge in [0.05, 0.1) is 11.4 Å². The van der Waals surface area contributed by atoms with E-state index in [-0.39, 0.29) is 18.0 Å². The summed E-state index contributed by atoms with van der Waals surface area (Å²) in [6.45, 7) is 3.23. The molecular formula is C19H23FN6O5S. The summed E-state index contributed by atoms with van der Waals surface area (Å²) in [5, 5.41) is 9.09. The molecule has 32 heavy (non-hydrogen) atoms. The highest BCUT2D eigenvalue weighted by atomic mass is 32.2. The van der Waals surface area contributed by atoms with Crippen LogP contribution in [0, 0.1) is 11.7 Å². The van der Waals surface area contributed by atoms with Gasteiger partial charge in [0.2, 0.25) is 21.7 Å². The van der Waals surface area contributed by atoms with Gasteiger partial charge >= 0.3 is 0 Å². The van der Waals surface area contributed by atoms with Crippen LogP contribution in [0.1, 0.15) is 19.7 Å². The lowest BCUT2D eigenvalue weighted by Crippen LogP contribution is -2.56. The molecular weight excluding hydrogens is 443 g/mol. The molecule has 0 spiro atoms. The summed E-state index contributed by atoms with van der Waals surface area (Å²) in [6, 6.07) is 1.58. The molecule has 1 aromatic heterocycles. The van der Waals surface area contributed by atoms with Gasteiger partial charge in [0, 0.05) is 13.0 Å². The third kappa shape index (κ3) is 5.53. The predicted octanol–water partition coefficient (Wildman–Crippen LogP) is -0.853. The number of nitrogens with one attached hydrogen (secondary N) is 3. The molecule has 0 fully saturated rings. The van der Waals surface area contributed by atoms with Crippen LogP contribution < -0.4 is 15.4 Å². The molecule has 1 aliphatic heterocycles. The Balaban J connectivity index is 1.81. The van der Waals surface area contributed by atoms with Crippen molar-refractivity contribution in [1.29, 1.82) is 0 Å². The fourth-order valence-electron chi connectivity index (χ4n) is 3.05. The van der Waals surface area contributed by atoms with Crippen LogP contribution in [-0.4, -0.2) is 59.4 Å². The lowest BCUT2D eigenvalue weighted by molar-refractivity contribution is -0.140. The molecule has 2 atom stereocenters. The lowest BCUT2D eigenvalue weighted by Gasteiger charge is -2.25. The van der Waals surface area contributed by atoms with Crippen LogP contribution >= 0.6 is 0 Å². The Hall–Kier alpha value is -3.19. The number of fused-ring (bicyclic) bond motifs is 2. The molecule has 2 heterocycles. The SMILES string of the molecule is CC(C)C(NS(=O)(=O)c1ccc(F)cc1)C(=O)NC1Cn2cnc(n2)CCNC(=O)C1=O. The van der Waals surface area contributed by atoms with E-state index in [2.05, 4.69) is 25.4 Å². The first-order valence-corrected chi connectivity index (χ1v) is 11.3. The highest BCUT2D eigenvalue weighted by molar-refractivity contribution is 7.89. The normalized spacial score (nSPS) is 18.2. The van der Waals surface area contributed by atoms with Crippen molar-refractivity contribution in [3.63, 3.8) is 0 Å². The van der Waals surface area contributed by atoms with E-state index in [4.69, 9.17) is 0 Å². The summed E-state index contributed by atoms with van der Waals surface area (Å²) in [5.74, 6) is -3.20. The first kappa shape index (κ1) is 23.5. The summed E-state index contributed by atoms with van der Waals surface area (Å²) in [4.78, 5) is 41.5. The molecule has 11 nitrogen and oxygen atoms in total. The molecule has 0 saturated heterocycles. The third-order valence-electron chi connectivity index (χ3n) is 4.80. The Labute approximate surface area is 183 Å². The van der Waals surface area contributed by atoms with Gasteiger partial charge in [-0.3, -0.25) is 19.1 Å². The van der Waals surface area contributed by atoms with Gasteiger partial charge in [0.15, 0.2) is 5.82 Å². The zero-order valence-corrected chi connectivity index (χ0v) is 18.2. The van der Waals surface area contributed by atoms with E-state index >= 15 is 0 Å². The maximum absolute atomic E-state index is 13.1. The molecule has 2 amide bonds. The number of ketones is 1. The Morgan fingerprint density at radius 1 is 1.25 bits per heavy atom. The molecule has 2 aromatic rings. The Morgan fingerprint density at radius 2 is 1.94 bits per heavy atom. The predicted molar refractivity (Wildman–Crippen MR) is 109 cm³/mol. The van der Waals surface area contributed by atoms with E-state index < -0.39 is 51.4 Å². The number of sulfonamides is 1. The van der Waals surface area contributed by atoms with E-state index in [1.54, 1.807) is 13.8 Å². The van der Waals surface area contributed by atoms with Gasteiger partial charge in [0.1, 0.15) is 24.2 Å². The fourth-order valence-corrected chi connectivity index (χ4v) is 4.40. The number of amides is 2. The number of nitrogens with zero attached hydrogens (tertiary/aromatic N) is 3. The van der Waals surface area contributed by atoms with Crippen molar-refractivity contribution in [2.24, 2.45) is 5.92 Å². The van der Waals surface area contributed by atoms with Gasteiger partial charge in [-0.1, -0.05) is 13.8 Å². The van der Waals surface area contributed by atoms with Crippen molar-refractivity contribution in [3.8, 4) is 0 Å². The third-order valence-corrected chi connectivity index (χ3v) is 6.26. The van der Waals surface area contributed by atoms with Crippen LogP contribution in [0.2, 0.25) is 0 Å². The number of halogens is 1. The zero-order valence-electron chi connectivity index (χ0n) is 17.4. The van der Waals surface area contributed by atoms with E-state index in [9.17, 15) is 27.2 Å². The van der Waals surface area contributed by atoms with E-state index in [0.717, 1.165) is 24.3 Å². The van der Waals surface area contributed by atoms with E-state index in [1.165, 1.54) is 11.0 Å². The van der Waals surface area contributed by atoms with Gasteiger partial charge in [-0.2, -0.15) is 9.82 Å². The van der Waals surface area contributed by atoms with Gasteiger partial charge < -0.3 is 10.6 Å². The lowest BCUT2D eigenvalue weighted by atomic mass is 10.0. The molecule has 1 aliphatic rings. The van der Waals surface area contributed by atoms with Crippen molar-refractivity contribution >= 4 is 27.6 Å². The van der Waals surface area contributed by atoms with Crippen LogP contribution in [0.3, 0.4) is 0 Å². The second-order valence-corrected chi connectivity index (χ2v) is 9.33. The number of Topliss-reactive ketones (excluding diaryl/α,β-unsaturated/α-hetero) is 1. The van der Waals surface area contributed by atoms with Crippen molar-refractivity contribution in [2.45, 2.75) is 43.8 Å². The molecule has 0 aliphatic carbocycles. The first-order chi connectivity index (χ1) is 15.1. The number of carbonyl (C=O) groups excluding carboxylic acids is 3. The fraction of sp³-hybridized carbons (Fsp3) is 0.421. The van der Waals surface area contributed by atoms with E-state index in [1.807, 2.05) is 0 Å². The minimum atomic E-state index is -4.16. The average molecular weight is 466 g/mol. The second kappa shape index (κ2) is 9.53. The van der Waals surface area contributed by atoms with Gasteiger partial charge in [-0.05, 0) is 30.2 Å². The van der Waals surface area contributed by atoms with Crippen LogP contribution in [0.15, 0.2) is 35.5 Å². The van der Waals surface area contributed by atoms with Gasteiger partial charge in [-0.15, -0.1) is 0 Å². The summed E-state index contributed by atoms with van der Waals surface area (Å²) in [6.07, 6.45) is 1.73. The number of rotatable bonds is 6. The molecule has 172 valence electrons. The van der Waals surface area contributed by atoms with Crippen LogP contribution in [0.25, 0.3) is 0 Å². The first-order valence-electron chi connectivity index (χ1n) is 9.85. The molecule has 2 unspecified atom stereocenters. The molecule has 3 N–H and O–H groups in total. The van der Waals surface area contributed by atoms with Crippen molar-refractivity contribution in [2.75, 3.05) is 6.54 Å². The smallest absolute Gasteiger partial charge is 0.289 e. The number of aromatic nitrogens is 3. The van der Waals surface area contributed by atoms with Crippen LogP contribution in [-0.2, 0) is 37.4 Å². The number of hydrogen-bond acceptors (Lipinski definition) is 7. The molecule has 2 bridgehead atoms. The molecule has 0 saturated carbocycles. The topological polar surface area (TPSA) is 152 Å². The maximum atomic E-state index is 13.1. The zero-order chi connectivity index (χ0) is 23.5. The minimum absolute atomic E-state index is 0.152. The van der Waals surface area contributed by atoms with Crippen molar-refractivity contribution in [1.82, 2.24) is 30.1 Å². The minimum Gasteiger partial charge on any atom is -0.349 e. The second-order valence-electron chi connectivity index (χ2n) is 7.61. The quantitative estimate of drug-likeness (QED) is 0.469. The van der Waals surface area contributed by atoms with Gasteiger partial charge in [-0.25, -0.2) is 17.8 Å². The largest absolute Gasteiger partial charge is 0.349 e. The van der Waals surface area contributed by atoms with Crippen molar-refractivity contribution < 1.29 is 27.2 Å². The Morgan fingerprint density at radius 3 is 2.59 bits per heavy atom. The van der Waals surface area contributed by atoms with Crippen LogP contribution in [0.4, 0.5) is 4.39 Å². The number of benzene rings is 1. The van der Waals surface area contributed by atoms with Gasteiger partial charge in [0.25, 0.3) is 5.91 Å². The number of hydrogen-bond donors (Lipinski definition) is 3. The highest BCUT2D eigenvalue weighted by Crippen LogP contribution is 2.13. The summed E-state index contributed by atoms with van der Waals surface area (Å²) in [5.41, 5.74) is 0. The maximum Gasteiger partial charge on any atom is 0.289 e. The number of carbonyl (C=O) groups is 3. The monoisotopic (exact) mass is 466 g/mol. The van der Waals surface area contributed by atoms with Crippen molar-refractivity contribution in [3.05, 3.63) is 42.2 Å². The average Bonchev–Trinajstić information content (AvgIpc) is 3.17.